The van der Waals surface area contributed by atoms with Crippen LogP contribution in [0.2, 0.25) is 0 Å². The SMILES string of the molecule is CCCCN1C[C@@H](C(=O)Nc2ccc(S(=O)(=O)NC(C)(C)C)cc2)CC1=O. The average Bonchev–Trinajstić information content (AvgIpc) is 2.92. The van der Waals surface area contributed by atoms with Gasteiger partial charge in [0.25, 0.3) is 0 Å². The van der Waals surface area contributed by atoms with Gasteiger partial charge < -0.3 is 10.2 Å². The van der Waals surface area contributed by atoms with E-state index >= 15 is 0 Å². The highest BCUT2D eigenvalue weighted by molar-refractivity contribution is 7.89. The standard InChI is InChI=1S/C19H29N3O4S/c1-5-6-11-22-13-14(12-17(22)23)18(24)20-15-7-9-16(10-8-15)27(25,26)21-19(2,3)4/h7-10,14,21H,5-6,11-13H2,1-4H3,(H,20,24)/t14-/m0/s1. The molecule has 8 heteroatoms. The molecule has 0 aromatic heterocycles. The fourth-order valence-electron chi connectivity index (χ4n) is 2.94. The summed E-state index contributed by atoms with van der Waals surface area (Å²) in [5.74, 6) is -0.579. The van der Waals surface area contributed by atoms with E-state index in [0.29, 0.717) is 18.8 Å². The molecule has 0 spiro atoms. The maximum Gasteiger partial charge on any atom is 0.241 e. The Bertz CT molecular complexity index is 782. The molecular weight excluding hydrogens is 366 g/mol. The second kappa shape index (κ2) is 8.39. The summed E-state index contributed by atoms with van der Waals surface area (Å²) in [5, 5.41) is 2.77. The minimum atomic E-state index is -3.62. The van der Waals surface area contributed by atoms with Crippen molar-refractivity contribution in [3.8, 4) is 0 Å². The second-order valence-corrected chi connectivity index (χ2v) is 9.65. The van der Waals surface area contributed by atoms with Crippen LogP contribution in [-0.2, 0) is 19.6 Å². The zero-order valence-electron chi connectivity index (χ0n) is 16.4. The molecule has 1 saturated heterocycles. The summed E-state index contributed by atoms with van der Waals surface area (Å²) < 4.78 is 27.2. The van der Waals surface area contributed by atoms with Crippen molar-refractivity contribution in [3.63, 3.8) is 0 Å². The Morgan fingerprint density at radius 3 is 2.41 bits per heavy atom. The Balaban J connectivity index is 1.98. The van der Waals surface area contributed by atoms with E-state index in [1.165, 1.54) is 12.1 Å². The molecule has 27 heavy (non-hydrogen) atoms. The van der Waals surface area contributed by atoms with Crippen LogP contribution in [0.3, 0.4) is 0 Å². The smallest absolute Gasteiger partial charge is 0.241 e. The first-order valence-electron chi connectivity index (χ1n) is 9.24. The van der Waals surface area contributed by atoms with Crippen LogP contribution in [0.4, 0.5) is 5.69 Å². The number of unbranched alkanes of at least 4 members (excludes halogenated alkanes) is 1. The largest absolute Gasteiger partial charge is 0.342 e. The van der Waals surface area contributed by atoms with Crippen molar-refractivity contribution >= 4 is 27.5 Å². The van der Waals surface area contributed by atoms with Crippen molar-refractivity contribution in [2.24, 2.45) is 5.92 Å². The van der Waals surface area contributed by atoms with Gasteiger partial charge in [-0.15, -0.1) is 0 Å². The number of likely N-dealkylation sites (tertiary alicyclic amines) is 1. The number of carbonyl (C=O) groups is 2. The summed E-state index contributed by atoms with van der Waals surface area (Å²) in [6, 6.07) is 6.02. The maximum atomic E-state index is 12.4. The molecular formula is C19H29N3O4S. The first-order chi connectivity index (χ1) is 12.5. The monoisotopic (exact) mass is 395 g/mol. The Morgan fingerprint density at radius 2 is 1.85 bits per heavy atom. The summed E-state index contributed by atoms with van der Waals surface area (Å²) in [5.41, 5.74) is -0.0705. The molecule has 0 radical (unpaired) electrons. The zero-order chi connectivity index (χ0) is 20.2. The first-order valence-corrected chi connectivity index (χ1v) is 10.7. The van der Waals surface area contributed by atoms with Crippen molar-refractivity contribution in [2.45, 2.75) is 57.4 Å². The van der Waals surface area contributed by atoms with Crippen molar-refractivity contribution in [3.05, 3.63) is 24.3 Å². The first kappa shape index (κ1) is 21.4. The summed E-state index contributed by atoms with van der Waals surface area (Å²) in [7, 11) is -3.62. The number of hydrogen-bond acceptors (Lipinski definition) is 4. The van der Waals surface area contributed by atoms with Gasteiger partial charge in [-0.25, -0.2) is 13.1 Å². The van der Waals surface area contributed by atoms with Gasteiger partial charge in [-0.1, -0.05) is 13.3 Å². The third-order valence-electron chi connectivity index (χ3n) is 4.24. The van der Waals surface area contributed by atoms with E-state index in [0.717, 1.165) is 12.8 Å². The molecule has 2 rings (SSSR count). The lowest BCUT2D eigenvalue weighted by atomic mass is 10.1. The molecule has 2 N–H and O–H groups in total. The summed E-state index contributed by atoms with van der Waals surface area (Å²) in [6.07, 6.45) is 2.15. The summed E-state index contributed by atoms with van der Waals surface area (Å²) in [4.78, 5) is 26.3. The Labute approximate surface area is 161 Å². The second-order valence-electron chi connectivity index (χ2n) is 7.96. The summed E-state index contributed by atoms with van der Waals surface area (Å²) >= 11 is 0. The number of nitrogens with one attached hydrogen (secondary N) is 2. The lowest BCUT2D eigenvalue weighted by molar-refractivity contribution is -0.128. The van der Waals surface area contributed by atoms with Gasteiger partial charge in [0.15, 0.2) is 0 Å². The molecule has 1 aliphatic rings. The quantitative estimate of drug-likeness (QED) is 0.741. The molecule has 1 atom stereocenters. The molecule has 2 amide bonds. The number of anilines is 1. The number of amides is 2. The predicted molar refractivity (Wildman–Crippen MR) is 105 cm³/mol. The van der Waals surface area contributed by atoms with E-state index in [9.17, 15) is 18.0 Å². The third kappa shape index (κ3) is 6.04. The number of hydrogen-bond donors (Lipinski definition) is 2. The lowest BCUT2D eigenvalue weighted by Gasteiger charge is -2.20. The number of sulfonamides is 1. The average molecular weight is 396 g/mol. The minimum absolute atomic E-state index is 0.0123. The van der Waals surface area contributed by atoms with Crippen LogP contribution in [0.5, 0.6) is 0 Å². The van der Waals surface area contributed by atoms with E-state index in [2.05, 4.69) is 17.0 Å². The van der Waals surface area contributed by atoms with Gasteiger partial charge in [-0.2, -0.15) is 0 Å². The van der Waals surface area contributed by atoms with Gasteiger partial charge in [-0.3, -0.25) is 9.59 Å². The molecule has 0 aliphatic carbocycles. The molecule has 7 nitrogen and oxygen atoms in total. The van der Waals surface area contributed by atoms with Crippen molar-refractivity contribution < 1.29 is 18.0 Å². The van der Waals surface area contributed by atoms with Crippen LogP contribution in [0.25, 0.3) is 0 Å². The van der Waals surface area contributed by atoms with Crippen LogP contribution in [0.1, 0.15) is 47.0 Å². The van der Waals surface area contributed by atoms with Crippen molar-refractivity contribution in [2.75, 3.05) is 18.4 Å². The fourth-order valence-corrected chi connectivity index (χ4v) is 4.36. The van der Waals surface area contributed by atoms with E-state index in [-0.39, 0.29) is 29.0 Å². The van der Waals surface area contributed by atoms with E-state index in [1.54, 1.807) is 37.8 Å². The van der Waals surface area contributed by atoms with Crippen LogP contribution >= 0.6 is 0 Å². The van der Waals surface area contributed by atoms with E-state index < -0.39 is 15.6 Å². The van der Waals surface area contributed by atoms with E-state index in [1.807, 2.05) is 0 Å². The molecule has 1 fully saturated rings. The lowest BCUT2D eigenvalue weighted by Crippen LogP contribution is -2.40. The predicted octanol–water partition coefficient (Wildman–Crippen LogP) is 2.35. The molecule has 1 aromatic rings. The molecule has 0 bridgehead atoms. The highest BCUT2D eigenvalue weighted by Gasteiger charge is 2.33. The molecule has 1 aliphatic heterocycles. The molecule has 0 saturated carbocycles. The molecule has 150 valence electrons. The maximum absolute atomic E-state index is 12.4. The summed E-state index contributed by atoms with van der Waals surface area (Å²) in [6.45, 7) is 8.49. The third-order valence-corrected chi connectivity index (χ3v) is 6.01. The fraction of sp³-hybridized carbons (Fsp3) is 0.579. The van der Waals surface area contributed by atoms with E-state index in [4.69, 9.17) is 0 Å². The van der Waals surface area contributed by atoms with Gasteiger partial charge in [-0.05, 0) is 51.5 Å². The topological polar surface area (TPSA) is 95.6 Å². The van der Waals surface area contributed by atoms with Crippen LogP contribution in [0.15, 0.2) is 29.2 Å². The number of carbonyl (C=O) groups excluding carboxylic acids is 2. The van der Waals surface area contributed by atoms with Gasteiger partial charge in [0.2, 0.25) is 21.8 Å². The van der Waals surface area contributed by atoms with Gasteiger partial charge >= 0.3 is 0 Å². The van der Waals surface area contributed by atoms with Gasteiger partial charge in [0.1, 0.15) is 0 Å². The van der Waals surface area contributed by atoms with Crippen molar-refractivity contribution in [1.82, 2.24) is 9.62 Å². The highest BCUT2D eigenvalue weighted by Crippen LogP contribution is 2.21. The molecule has 1 aromatic carbocycles. The Morgan fingerprint density at radius 1 is 1.22 bits per heavy atom. The van der Waals surface area contributed by atoms with Gasteiger partial charge in [0, 0.05) is 30.7 Å². The molecule has 0 unspecified atom stereocenters. The van der Waals surface area contributed by atoms with Gasteiger partial charge in [0.05, 0.1) is 10.8 Å². The Kier molecular flexibility index (Phi) is 6.64. The number of benzene rings is 1. The number of nitrogens with zero attached hydrogens (tertiary/aromatic N) is 1. The highest BCUT2D eigenvalue weighted by atomic mass is 32.2. The van der Waals surface area contributed by atoms with Crippen LogP contribution in [-0.4, -0.2) is 43.8 Å². The zero-order valence-corrected chi connectivity index (χ0v) is 17.2. The number of rotatable bonds is 7. The van der Waals surface area contributed by atoms with Crippen LogP contribution in [0, 0.1) is 5.92 Å². The molecule has 1 heterocycles. The van der Waals surface area contributed by atoms with Crippen LogP contribution < -0.4 is 10.0 Å². The Hall–Kier alpha value is -1.93. The van der Waals surface area contributed by atoms with Crippen molar-refractivity contribution in [1.29, 1.82) is 0 Å². The normalized spacial score (nSPS) is 18.0. The minimum Gasteiger partial charge on any atom is -0.342 e.